The van der Waals surface area contributed by atoms with Gasteiger partial charge in [0.1, 0.15) is 10.5 Å². The first-order valence-electron chi connectivity index (χ1n) is 13.9. The van der Waals surface area contributed by atoms with Crippen LogP contribution >= 0.6 is 35.0 Å². The van der Waals surface area contributed by atoms with Gasteiger partial charge in [-0.3, -0.25) is 9.59 Å². The van der Waals surface area contributed by atoms with Gasteiger partial charge in [0, 0.05) is 21.5 Å². The van der Waals surface area contributed by atoms with Crippen LogP contribution < -0.4 is 10.6 Å². The Hall–Kier alpha value is -4.43. The lowest BCUT2D eigenvalue weighted by Gasteiger charge is -2.28. The monoisotopic (exact) mass is 634 g/mol. The van der Waals surface area contributed by atoms with Crippen molar-refractivity contribution in [3.8, 4) is 11.4 Å². The number of carbonyl (C=O) groups excluding carboxylic acids is 1. The highest BCUT2D eigenvalue weighted by atomic mass is 35.5. The van der Waals surface area contributed by atoms with Gasteiger partial charge in [0.05, 0.1) is 21.3 Å². The van der Waals surface area contributed by atoms with Crippen molar-refractivity contribution in [2.45, 2.75) is 19.2 Å². The number of aryl methyl sites for hydroxylation is 2. The Morgan fingerprint density at radius 1 is 0.795 bits per heavy atom. The van der Waals surface area contributed by atoms with Crippen molar-refractivity contribution in [3.63, 3.8) is 0 Å². The normalized spacial score (nSPS) is 16.0. The molecular formula is C35H24Cl2N4O2S. The lowest BCUT2D eigenvalue weighted by atomic mass is 10.1. The minimum atomic E-state index is -0.712. The fourth-order valence-electron chi connectivity index (χ4n) is 5.31. The number of hydrogen-bond acceptors (Lipinski definition) is 5. The molecule has 0 saturated carbocycles. The van der Waals surface area contributed by atoms with Crippen LogP contribution in [0.5, 0.6) is 0 Å². The summed E-state index contributed by atoms with van der Waals surface area (Å²) < 4.78 is 1.37. The van der Waals surface area contributed by atoms with Gasteiger partial charge >= 0.3 is 0 Å². The number of carbonyl (C=O) groups is 1. The number of hydrogen-bond donors (Lipinski definition) is 0. The third kappa shape index (κ3) is 5.07. The standard InChI is InChI=1S/C35H24Cl2N4O2S/c1-20-7-10-22(11-8-20)18-30-34(43)41(35(44-30)27-19-24-17-21(2)9-16-28(24)38-31(27)37)40-32(23-12-14-25(36)15-13-23)39-29-6-4-3-5-26(29)33(40)42/h3-19,35H,1-2H3. The number of aromatic nitrogens is 3. The lowest BCUT2D eigenvalue weighted by molar-refractivity contribution is -0.115. The maximum Gasteiger partial charge on any atom is 0.280 e. The zero-order valence-corrected chi connectivity index (χ0v) is 26.0. The van der Waals surface area contributed by atoms with Crippen molar-refractivity contribution in [3.05, 3.63) is 145 Å². The van der Waals surface area contributed by atoms with Crippen LogP contribution in [0.25, 0.3) is 39.3 Å². The van der Waals surface area contributed by atoms with E-state index in [2.05, 4.69) is 4.98 Å². The summed E-state index contributed by atoms with van der Waals surface area (Å²) in [6.45, 7) is 4.02. The molecule has 9 heteroatoms. The van der Waals surface area contributed by atoms with Crippen LogP contribution in [0.4, 0.5) is 0 Å². The average Bonchev–Trinajstić information content (AvgIpc) is 3.33. The zero-order valence-electron chi connectivity index (χ0n) is 23.7. The average molecular weight is 636 g/mol. The maximum absolute atomic E-state index is 14.5. The first-order chi connectivity index (χ1) is 21.3. The van der Waals surface area contributed by atoms with Crippen LogP contribution in [-0.4, -0.2) is 20.6 Å². The van der Waals surface area contributed by atoms with E-state index in [0.29, 0.717) is 37.8 Å². The molecule has 6 aromatic rings. The van der Waals surface area contributed by atoms with Crippen LogP contribution in [-0.2, 0) is 4.79 Å². The van der Waals surface area contributed by atoms with E-state index < -0.39 is 5.37 Å². The van der Waals surface area contributed by atoms with Crippen molar-refractivity contribution in [1.29, 1.82) is 0 Å². The number of thioether (sulfide) groups is 1. The van der Waals surface area contributed by atoms with Gasteiger partial charge in [-0.2, -0.15) is 4.68 Å². The summed E-state index contributed by atoms with van der Waals surface area (Å²) in [4.78, 5) is 38.9. The Morgan fingerprint density at radius 2 is 1.52 bits per heavy atom. The highest BCUT2D eigenvalue weighted by molar-refractivity contribution is 8.05. The molecule has 4 aromatic carbocycles. The van der Waals surface area contributed by atoms with Gasteiger partial charge < -0.3 is 0 Å². The molecule has 0 aliphatic carbocycles. The third-order valence-corrected chi connectivity index (χ3v) is 9.32. The molecule has 1 unspecified atom stereocenters. The SMILES string of the molecule is Cc1ccc(C=C2SC(c3cc4cc(C)ccc4nc3Cl)N(n3c(-c4ccc(Cl)cc4)nc4ccccc4c3=O)C2=O)cc1. The smallest absolute Gasteiger partial charge is 0.267 e. The molecule has 0 spiro atoms. The Kier molecular flexibility index (Phi) is 7.25. The summed E-state index contributed by atoms with van der Waals surface area (Å²) in [7, 11) is 0. The van der Waals surface area contributed by atoms with Crippen molar-refractivity contribution in [2.75, 3.05) is 5.01 Å². The fraction of sp³-hybridized carbons (Fsp3) is 0.0857. The van der Waals surface area contributed by atoms with Gasteiger partial charge in [-0.1, -0.05) is 88.6 Å². The number of pyridine rings is 1. The largest absolute Gasteiger partial charge is 0.280 e. The Bertz CT molecular complexity index is 2200. The van der Waals surface area contributed by atoms with Gasteiger partial charge in [-0.05, 0) is 80.1 Å². The second-order valence-electron chi connectivity index (χ2n) is 10.7. The van der Waals surface area contributed by atoms with E-state index in [0.717, 1.165) is 27.6 Å². The maximum atomic E-state index is 14.5. The molecule has 3 heterocycles. The molecule has 216 valence electrons. The highest BCUT2D eigenvalue weighted by Gasteiger charge is 2.42. The number of fused-ring (bicyclic) bond motifs is 2. The molecule has 1 atom stereocenters. The van der Waals surface area contributed by atoms with E-state index in [4.69, 9.17) is 28.2 Å². The van der Waals surface area contributed by atoms with Crippen LogP contribution in [0.2, 0.25) is 10.2 Å². The quantitative estimate of drug-likeness (QED) is 0.144. The minimum absolute atomic E-state index is 0.253. The molecule has 1 aliphatic heterocycles. The summed E-state index contributed by atoms with van der Waals surface area (Å²) >= 11 is 14.4. The summed E-state index contributed by atoms with van der Waals surface area (Å²) in [6, 6.07) is 29.9. The molecular weight excluding hydrogens is 611 g/mol. The summed E-state index contributed by atoms with van der Waals surface area (Å²) in [5.41, 5.74) is 5.17. The number of halogens is 2. The van der Waals surface area contributed by atoms with Crippen LogP contribution in [0.1, 0.15) is 27.6 Å². The molecule has 0 radical (unpaired) electrons. The molecule has 0 bridgehead atoms. The second-order valence-corrected chi connectivity index (χ2v) is 12.6. The first kappa shape index (κ1) is 28.3. The third-order valence-electron chi connectivity index (χ3n) is 7.54. The van der Waals surface area contributed by atoms with Gasteiger partial charge in [0.2, 0.25) is 0 Å². The molecule has 1 amide bonds. The Morgan fingerprint density at radius 3 is 2.30 bits per heavy atom. The van der Waals surface area contributed by atoms with Crippen molar-refractivity contribution >= 4 is 68.8 Å². The topological polar surface area (TPSA) is 68.1 Å². The molecule has 6 nitrogen and oxygen atoms in total. The molecule has 7 rings (SSSR count). The van der Waals surface area contributed by atoms with E-state index in [9.17, 15) is 9.59 Å². The van der Waals surface area contributed by atoms with Gasteiger partial charge in [-0.15, -0.1) is 0 Å². The molecule has 0 N–H and O–H groups in total. The van der Waals surface area contributed by atoms with Crippen molar-refractivity contribution < 1.29 is 4.79 Å². The van der Waals surface area contributed by atoms with Crippen LogP contribution in [0.3, 0.4) is 0 Å². The summed E-state index contributed by atoms with van der Waals surface area (Å²) in [5, 5.41) is 2.81. The summed E-state index contributed by atoms with van der Waals surface area (Å²) in [6.07, 6.45) is 1.84. The number of rotatable bonds is 4. The van der Waals surface area contributed by atoms with E-state index in [-0.39, 0.29) is 16.6 Å². The van der Waals surface area contributed by atoms with E-state index in [1.54, 1.807) is 42.5 Å². The number of nitrogens with zero attached hydrogens (tertiary/aromatic N) is 4. The predicted octanol–water partition coefficient (Wildman–Crippen LogP) is 8.49. The predicted molar refractivity (Wildman–Crippen MR) is 181 cm³/mol. The first-order valence-corrected chi connectivity index (χ1v) is 15.5. The van der Waals surface area contributed by atoms with Gasteiger partial charge in [0.15, 0.2) is 5.82 Å². The summed E-state index contributed by atoms with van der Waals surface area (Å²) in [5.74, 6) is -0.0445. The van der Waals surface area contributed by atoms with Crippen LogP contribution in [0, 0.1) is 13.8 Å². The minimum Gasteiger partial charge on any atom is -0.267 e. The van der Waals surface area contributed by atoms with E-state index in [1.165, 1.54) is 21.4 Å². The Balaban J connectivity index is 1.50. The van der Waals surface area contributed by atoms with Gasteiger partial charge in [-0.25, -0.2) is 15.0 Å². The lowest BCUT2D eigenvalue weighted by Crippen LogP contribution is -2.46. The number of benzene rings is 4. The molecule has 1 aliphatic rings. The number of amides is 1. The molecule has 2 aromatic heterocycles. The van der Waals surface area contributed by atoms with E-state index >= 15 is 0 Å². The molecule has 1 fully saturated rings. The number of para-hydroxylation sites is 1. The Labute approximate surface area is 267 Å². The molecule has 44 heavy (non-hydrogen) atoms. The molecule has 1 saturated heterocycles. The highest BCUT2D eigenvalue weighted by Crippen LogP contribution is 2.47. The van der Waals surface area contributed by atoms with Gasteiger partial charge in [0.25, 0.3) is 11.5 Å². The fourth-order valence-corrected chi connectivity index (χ4v) is 6.99. The van der Waals surface area contributed by atoms with Crippen molar-refractivity contribution in [2.24, 2.45) is 0 Å². The van der Waals surface area contributed by atoms with Crippen molar-refractivity contribution in [1.82, 2.24) is 14.6 Å². The van der Waals surface area contributed by atoms with Crippen LogP contribution in [0.15, 0.2) is 107 Å². The zero-order chi connectivity index (χ0) is 30.5. The second kappa shape index (κ2) is 11.2. The van der Waals surface area contributed by atoms with E-state index in [1.807, 2.05) is 74.5 Å².